The van der Waals surface area contributed by atoms with Gasteiger partial charge in [0, 0.05) is 51.4 Å². The van der Waals surface area contributed by atoms with Crippen molar-refractivity contribution in [2.45, 2.75) is 0 Å². The minimum Gasteiger partial charge on any atom is -0.308 e. The molecule has 318 valence electrons. The fraction of sp³-hybridized carbons (Fsp3) is 0. The molecule has 9 aromatic carbocycles. The number of aromatic nitrogens is 2. The molecule has 2 N–H and O–H groups in total. The van der Waals surface area contributed by atoms with Gasteiger partial charge in [0.05, 0.1) is 11.4 Å². The predicted octanol–water partition coefficient (Wildman–Crippen LogP) is 15.1. The number of fused-ring (bicyclic) bond motifs is 5. The maximum absolute atomic E-state index is 5.08. The van der Waals surface area contributed by atoms with E-state index in [1.807, 2.05) is 12.3 Å². The van der Waals surface area contributed by atoms with Crippen LogP contribution in [0.5, 0.6) is 0 Å². The van der Waals surface area contributed by atoms with Gasteiger partial charge in [-0.1, -0.05) is 194 Å². The molecule has 0 saturated carbocycles. The molecule has 68 heavy (non-hydrogen) atoms. The van der Waals surface area contributed by atoms with Crippen LogP contribution >= 0.6 is 0 Å². The van der Waals surface area contributed by atoms with Crippen molar-refractivity contribution in [2.24, 2.45) is 0 Å². The molecule has 0 amide bonds. The Labute approximate surface area is 395 Å². The molecule has 4 heteroatoms. The summed E-state index contributed by atoms with van der Waals surface area (Å²) >= 11 is 0. The Morgan fingerprint density at radius 1 is 0.309 bits per heavy atom. The zero-order valence-electron chi connectivity index (χ0n) is 37.0. The largest absolute Gasteiger partial charge is 0.308 e. The molecule has 2 heterocycles. The second kappa shape index (κ2) is 16.4. The highest BCUT2D eigenvalue weighted by Gasteiger charge is 2.45. The molecule has 1 aromatic heterocycles. The van der Waals surface area contributed by atoms with Gasteiger partial charge in [-0.3, -0.25) is 0 Å². The number of hydrogen-bond acceptors (Lipinski definition) is 4. The first kappa shape index (κ1) is 39.3. The summed E-state index contributed by atoms with van der Waals surface area (Å²) in [5.41, 5.74) is 29.3. The number of allylic oxidation sites excluding steroid dienone is 7. The van der Waals surface area contributed by atoms with Crippen LogP contribution in [0.15, 0.2) is 249 Å². The van der Waals surface area contributed by atoms with Crippen LogP contribution in [-0.2, 0) is 0 Å². The summed E-state index contributed by atoms with van der Waals surface area (Å²) in [5.74, 6) is 0. The molecule has 0 atom stereocenters. The molecule has 4 nitrogen and oxygen atoms in total. The highest BCUT2D eigenvalue weighted by Crippen LogP contribution is 2.66. The summed E-state index contributed by atoms with van der Waals surface area (Å²) in [7, 11) is 0. The van der Waals surface area contributed by atoms with Crippen molar-refractivity contribution < 1.29 is 0 Å². The molecule has 0 bridgehead atoms. The monoisotopic (exact) mass is 866 g/mol. The van der Waals surface area contributed by atoms with Gasteiger partial charge in [0.15, 0.2) is 0 Å². The minimum absolute atomic E-state index is 0.800. The predicted molar refractivity (Wildman–Crippen MR) is 282 cm³/mol. The third-order valence-corrected chi connectivity index (χ3v) is 13.6. The molecule has 3 aliphatic rings. The van der Waals surface area contributed by atoms with E-state index in [2.05, 4.69) is 240 Å². The third kappa shape index (κ3) is 6.38. The lowest BCUT2D eigenvalue weighted by Crippen LogP contribution is -2.28. The van der Waals surface area contributed by atoms with E-state index in [1.165, 1.54) is 49.4 Å². The van der Waals surface area contributed by atoms with Gasteiger partial charge in [-0.15, -0.1) is 0 Å². The van der Waals surface area contributed by atoms with Gasteiger partial charge in [-0.2, -0.15) is 10.2 Å². The number of hydrazine groups is 1. The molecule has 1 aliphatic heterocycles. The standard InChI is InChI=1S/C64H42N4/c1-5-21-43(22-6-1)53-56(46-27-11-4-12-28-46)61-58(50-36-34-42-20-14-16-30-48(42)40-50)62-59(51-31-17-37-65-67-51)54(44-23-7-2-8-24-44)55(45-25-9-3-10-26-45)60(52-32-18-38-66-68-52)64(62)63(61)57(53)49-35-33-41-19-13-15-29-47(41)39-49/h1-40,65,67H. The van der Waals surface area contributed by atoms with Crippen LogP contribution in [0.25, 0.3) is 88.6 Å². The summed E-state index contributed by atoms with van der Waals surface area (Å²) in [4.78, 5) is 0. The Kier molecular flexibility index (Phi) is 9.47. The van der Waals surface area contributed by atoms with E-state index < -0.39 is 0 Å². The van der Waals surface area contributed by atoms with Gasteiger partial charge >= 0.3 is 0 Å². The molecule has 10 aromatic rings. The van der Waals surface area contributed by atoms with E-state index in [9.17, 15) is 0 Å². The number of nitrogens with one attached hydrogen (secondary N) is 2. The lowest BCUT2D eigenvalue weighted by atomic mass is 9.76. The Bertz CT molecular complexity index is 3790. The first-order valence-corrected chi connectivity index (χ1v) is 23.2. The van der Waals surface area contributed by atoms with E-state index in [0.29, 0.717) is 0 Å². The van der Waals surface area contributed by atoms with Crippen LogP contribution in [0.1, 0.15) is 38.9 Å². The average Bonchev–Trinajstić information content (AvgIpc) is 3.94. The first-order valence-electron chi connectivity index (χ1n) is 23.2. The Hall–Kier alpha value is -9.12. The first-order chi connectivity index (χ1) is 33.8. The Balaban J connectivity index is 1.34. The molecule has 2 aliphatic carbocycles. The van der Waals surface area contributed by atoms with Crippen LogP contribution in [-0.4, -0.2) is 10.2 Å². The molecule has 0 fully saturated rings. The van der Waals surface area contributed by atoms with E-state index in [1.54, 1.807) is 6.20 Å². The van der Waals surface area contributed by atoms with Crippen LogP contribution in [0.3, 0.4) is 0 Å². The summed E-state index contributed by atoms with van der Waals surface area (Å²) in [6.07, 6.45) is 8.01. The maximum atomic E-state index is 5.08. The Morgan fingerprint density at radius 3 is 1.31 bits per heavy atom. The van der Waals surface area contributed by atoms with Crippen LogP contribution in [0, 0.1) is 0 Å². The van der Waals surface area contributed by atoms with E-state index in [0.717, 1.165) is 83.7 Å². The van der Waals surface area contributed by atoms with E-state index >= 15 is 0 Å². The minimum atomic E-state index is 0.800. The zero-order chi connectivity index (χ0) is 45.0. The molecular weight excluding hydrogens is 825 g/mol. The maximum Gasteiger partial charge on any atom is 0.0942 e. The molecule has 0 unspecified atom stereocenters. The summed E-state index contributed by atoms with van der Waals surface area (Å²) in [6, 6.07) is 79.3. The summed E-state index contributed by atoms with van der Waals surface area (Å²) in [6.45, 7) is 0. The van der Waals surface area contributed by atoms with Crippen molar-refractivity contribution in [1.82, 2.24) is 21.0 Å². The topological polar surface area (TPSA) is 49.8 Å². The molecule has 0 saturated heterocycles. The highest BCUT2D eigenvalue weighted by atomic mass is 15.3. The van der Waals surface area contributed by atoms with Crippen molar-refractivity contribution in [3.63, 3.8) is 0 Å². The molecule has 0 radical (unpaired) electrons. The zero-order valence-corrected chi connectivity index (χ0v) is 37.0. The third-order valence-electron chi connectivity index (χ3n) is 13.6. The van der Waals surface area contributed by atoms with Crippen molar-refractivity contribution >= 4 is 55.1 Å². The Morgan fingerprint density at radius 2 is 0.779 bits per heavy atom. The summed E-state index contributed by atoms with van der Waals surface area (Å²) < 4.78 is 0. The molecule has 13 rings (SSSR count). The van der Waals surface area contributed by atoms with Crippen molar-refractivity contribution in [1.29, 1.82) is 0 Å². The van der Waals surface area contributed by atoms with Gasteiger partial charge in [0.25, 0.3) is 0 Å². The lowest BCUT2D eigenvalue weighted by Gasteiger charge is -2.28. The summed E-state index contributed by atoms with van der Waals surface area (Å²) in [5, 5.41) is 14.5. The van der Waals surface area contributed by atoms with E-state index in [-0.39, 0.29) is 0 Å². The quantitative estimate of drug-likeness (QED) is 0.160. The number of benzene rings is 9. The van der Waals surface area contributed by atoms with Crippen molar-refractivity contribution in [3.05, 3.63) is 287 Å². The van der Waals surface area contributed by atoms with Crippen LogP contribution < -0.4 is 10.9 Å². The van der Waals surface area contributed by atoms with E-state index in [4.69, 9.17) is 5.10 Å². The number of nitrogens with zero attached hydrogens (tertiary/aromatic N) is 2. The fourth-order valence-corrected chi connectivity index (χ4v) is 10.8. The van der Waals surface area contributed by atoms with Crippen molar-refractivity contribution in [2.75, 3.05) is 0 Å². The average molecular weight is 867 g/mol. The van der Waals surface area contributed by atoms with Gasteiger partial charge in [-0.25, -0.2) is 0 Å². The van der Waals surface area contributed by atoms with Gasteiger partial charge in [0.1, 0.15) is 0 Å². The van der Waals surface area contributed by atoms with Crippen molar-refractivity contribution in [3.8, 4) is 33.5 Å². The van der Waals surface area contributed by atoms with Crippen LogP contribution in [0.2, 0.25) is 0 Å². The SMILES string of the molecule is C1=CNNC(c2c3c(c(-c4cccnn4)c(-c4ccccc4)c2-c2ccccc2)C2=C(c4ccc5ccccc5c4)C(c4ccccc4)=C(c4ccccc4)C2=C3c2ccc3ccccc3c2)=C1. The van der Waals surface area contributed by atoms with Gasteiger partial charge in [0.2, 0.25) is 0 Å². The van der Waals surface area contributed by atoms with Gasteiger partial charge < -0.3 is 10.9 Å². The normalized spacial score (nSPS) is 14.0. The second-order valence-corrected chi connectivity index (χ2v) is 17.4. The highest BCUT2D eigenvalue weighted by molar-refractivity contribution is 6.41. The fourth-order valence-electron chi connectivity index (χ4n) is 10.8. The number of hydrogen-bond donors (Lipinski definition) is 2. The van der Waals surface area contributed by atoms with Crippen LogP contribution in [0.4, 0.5) is 0 Å². The second-order valence-electron chi connectivity index (χ2n) is 17.4. The molecule has 0 spiro atoms. The smallest absolute Gasteiger partial charge is 0.0942 e. The van der Waals surface area contributed by atoms with Gasteiger partial charge in [-0.05, 0) is 119 Å². The number of rotatable bonds is 8. The molecular formula is C64H42N4. The lowest BCUT2D eigenvalue weighted by molar-refractivity contribution is 0.787.